The third kappa shape index (κ3) is 1.35. The molecule has 0 aromatic carbocycles. The SMILES string of the molecule is CCC1CC1(O)c1ccc(C)nc1. The molecule has 2 unspecified atom stereocenters. The van der Waals surface area contributed by atoms with Gasteiger partial charge in [0.25, 0.3) is 0 Å². The maximum absolute atomic E-state index is 10.1. The Balaban J connectivity index is 2.23. The summed E-state index contributed by atoms with van der Waals surface area (Å²) in [5.74, 6) is 0.442. The molecule has 0 radical (unpaired) electrons. The Morgan fingerprint density at radius 3 is 2.85 bits per heavy atom. The summed E-state index contributed by atoms with van der Waals surface area (Å²) in [4.78, 5) is 4.19. The highest BCUT2D eigenvalue weighted by Gasteiger charge is 2.52. The molecule has 1 fully saturated rings. The fourth-order valence-corrected chi connectivity index (χ4v) is 1.88. The number of aryl methyl sites for hydroxylation is 1. The predicted molar refractivity (Wildman–Crippen MR) is 51.3 cm³/mol. The highest BCUT2D eigenvalue weighted by atomic mass is 16.3. The molecular weight excluding hydrogens is 162 g/mol. The van der Waals surface area contributed by atoms with Crippen LogP contribution in [0, 0.1) is 12.8 Å². The Morgan fingerprint density at radius 1 is 1.62 bits per heavy atom. The molecule has 1 saturated carbocycles. The van der Waals surface area contributed by atoms with Crippen molar-refractivity contribution in [2.24, 2.45) is 5.92 Å². The Bertz CT molecular complexity index is 306. The lowest BCUT2D eigenvalue weighted by atomic mass is 10.1. The van der Waals surface area contributed by atoms with E-state index in [-0.39, 0.29) is 0 Å². The smallest absolute Gasteiger partial charge is 0.0944 e. The molecule has 70 valence electrons. The van der Waals surface area contributed by atoms with Crippen molar-refractivity contribution in [2.75, 3.05) is 0 Å². The monoisotopic (exact) mass is 177 g/mol. The molecule has 0 bridgehead atoms. The molecule has 1 heterocycles. The van der Waals surface area contributed by atoms with Crippen molar-refractivity contribution in [1.29, 1.82) is 0 Å². The van der Waals surface area contributed by atoms with E-state index in [9.17, 15) is 5.11 Å². The van der Waals surface area contributed by atoms with E-state index in [1.165, 1.54) is 0 Å². The Hall–Kier alpha value is -0.890. The Labute approximate surface area is 78.6 Å². The van der Waals surface area contributed by atoms with E-state index in [1.807, 2.05) is 19.1 Å². The molecular formula is C11H15NO. The number of pyridine rings is 1. The van der Waals surface area contributed by atoms with E-state index in [2.05, 4.69) is 11.9 Å². The average molecular weight is 177 g/mol. The first kappa shape index (κ1) is 8.70. The first-order valence-electron chi connectivity index (χ1n) is 4.82. The predicted octanol–water partition coefficient (Wildman–Crippen LogP) is 2.01. The number of aromatic nitrogens is 1. The second-order valence-electron chi connectivity index (χ2n) is 3.92. The van der Waals surface area contributed by atoms with E-state index in [4.69, 9.17) is 0 Å². The lowest BCUT2D eigenvalue weighted by Gasteiger charge is -2.09. The Kier molecular flexibility index (Phi) is 1.88. The summed E-state index contributed by atoms with van der Waals surface area (Å²) in [6.45, 7) is 4.07. The molecule has 1 aliphatic carbocycles. The van der Waals surface area contributed by atoms with Gasteiger partial charge in [0.05, 0.1) is 5.60 Å². The average Bonchev–Trinajstić information content (AvgIpc) is 2.80. The summed E-state index contributed by atoms with van der Waals surface area (Å²) in [5, 5.41) is 10.1. The van der Waals surface area contributed by atoms with Crippen LogP contribution in [-0.4, -0.2) is 10.1 Å². The summed E-state index contributed by atoms with van der Waals surface area (Å²) in [6.07, 6.45) is 3.74. The van der Waals surface area contributed by atoms with Crippen molar-refractivity contribution in [3.8, 4) is 0 Å². The lowest BCUT2D eigenvalue weighted by molar-refractivity contribution is 0.130. The number of rotatable bonds is 2. The van der Waals surface area contributed by atoms with Gasteiger partial charge >= 0.3 is 0 Å². The van der Waals surface area contributed by atoms with Crippen molar-refractivity contribution in [1.82, 2.24) is 4.98 Å². The summed E-state index contributed by atoms with van der Waals surface area (Å²) in [7, 11) is 0. The third-order valence-electron chi connectivity index (χ3n) is 2.98. The largest absolute Gasteiger partial charge is 0.385 e. The molecule has 2 nitrogen and oxygen atoms in total. The molecule has 1 N–H and O–H groups in total. The molecule has 2 rings (SSSR count). The van der Waals surface area contributed by atoms with Gasteiger partial charge in [-0.2, -0.15) is 0 Å². The molecule has 13 heavy (non-hydrogen) atoms. The number of nitrogens with zero attached hydrogens (tertiary/aromatic N) is 1. The van der Waals surface area contributed by atoms with E-state index < -0.39 is 5.60 Å². The molecule has 0 amide bonds. The maximum Gasteiger partial charge on any atom is 0.0944 e. The van der Waals surface area contributed by atoms with Gasteiger partial charge in [-0.15, -0.1) is 0 Å². The van der Waals surface area contributed by atoms with Gasteiger partial charge in [0.1, 0.15) is 0 Å². The van der Waals surface area contributed by atoms with Crippen molar-refractivity contribution < 1.29 is 5.11 Å². The van der Waals surface area contributed by atoms with Crippen LogP contribution in [0.2, 0.25) is 0 Å². The fraction of sp³-hybridized carbons (Fsp3) is 0.545. The van der Waals surface area contributed by atoms with Crippen LogP contribution in [0.5, 0.6) is 0 Å². The van der Waals surface area contributed by atoms with Crippen LogP contribution in [0.1, 0.15) is 31.0 Å². The first-order chi connectivity index (χ1) is 6.16. The van der Waals surface area contributed by atoms with Crippen molar-refractivity contribution >= 4 is 0 Å². The van der Waals surface area contributed by atoms with Crippen molar-refractivity contribution in [3.05, 3.63) is 29.6 Å². The molecule has 1 aromatic rings. The standard InChI is InChI=1S/C11H15NO/c1-3-9-6-11(9,13)10-5-4-8(2)12-7-10/h4-5,7,9,13H,3,6H2,1-2H3. The van der Waals surface area contributed by atoms with Crippen LogP contribution in [-0.2, 0) is 5.60 Å². The highest BCUT2D eigenvalue weighted by Crippen LogP contribution is 2.53. The minimum absolute atomic E-state index is 0.442. The van der Waals surface area contributed by atoms with Crippen LogP contribution in [0.3, 0.4) is 0 Å². The van der Waals surface area contributed by atoms with Crippen LogP contribution in [0.15, 0.2) is 18.3 Å². The van der Waals surface area contributed by atoms with Gasteiger partial charge in [0.2, 0.25) is 0 Å². The van der Waals surface area contributed by atoms with Gasteiger partial charge in [-0.05, 0) is 25.3 Å². The molecule has 1 aliphatic rings. The van der Waals surface area contributed by atoms with Gasteiger partial charge in [0.15, 0.2) is 0 Å². The van der Waals surface area contributed by atoms with Gasteiger partial charge in [0, 0.05) is 17.5 Å². The van der Waals surface area contributed by atoms with Gasteiger partial charge in [-0.1, -0.05) is 19.4 Å². The quantitative estimate of drug-likeness (QED) is 0.749. The molecule has 0 saturated heterocycles. The molecule has 0 aliphatic heterocycles. The van der Waals surface area contributed by atoms with E-state index >= 15 is 0 Å². The van der Waals surface area contributed by atoms with Crippen LogP contribution < -0.4 is 0 Å². The second-order valence-corrected chi connectivity index (χ2v) is 3.92. The van der Waals surface area contributed by atoms with Crippen LogP contribution >= 0.6 is 0 Å². The Morgan fingerprint density at radius 2 is 2.38 bits per heavy atom. The number of hydrogen-bond acceptors (Lipinski definition) is 2. The van der Waals surface area contributed by atoms with Gasteiger partial charge in [-0.25, -0.2) is 0 Å². The topological polar surface area (TPSA) is 33.1 Å². The zero-order chi connectivity index (χ0) is 9.47. The van der Waals surface area contributed by atoms with E-state index in [0.29, 0.717) is 5.92 Å². The van der Waals surface area contributed by atoms with Crippen molar-refractivity contribution in [2.45, 2.75) is 32.3 Å². The maximum atomic E-state index is 10.1. The molecule has 2 heteroatoms. The first-order valence-corrected chi connectivity index (χ1v) is 4.82. The number of aliphatic hydroxyl groups is 1. The summed E-state index contributed by atoms with van der Waals surface area (Å²) < 4.78 is 0. The third-order valence-corrected chi connectivity index (χ3v) is 2.98. The van der Waals surface area contributed by atoms with E-state index in [0.717, 1.165) is 24.1 Å². The normalized spacial score (nSPS) is 31.8. The van der Waals surface area contributed by atoms with Gasteiger partial charge < -0.3 is 5.11 Å². The summed E-state index contributed by atoms with van der Waals surface area (Å²) >= 11 is 0. The van der Waals surface area contributed by atoms with Gasteiger partial charge in [-0.3, -0.25) is 4.98 Å². The van der Waals surface area contributed by atoms with Crippen molar-refractivity contribution in [3.63, 3.8) is 0 Å². The molecule has 0 spiro atoms. The second kappa shape index (κ2) is 2.81. The zero-order valence-corrected chi connectivity index (χ0v) is 8.12. The lowest BCUT2D eigenvalue weighted by Crippen LogP contribution is -2.08. The summed E-state index contributed by atoms with van der Waals surface area (Å²) in [6, 6.07) is 3.94. The van der Waals surface area contributed by atoms with Crippen LogP contribution in [0.4, 0.5) is 0 Å². The minimum Gasteiger partial charge on any atom is -0.385 e. The summed E-state index contributed by atoms with van der Waals surface area (Å²) in [5.41, 5.74) is 1.42. The molecule has 1 aromatic heterocycles. The number of hydrogen-bond donors (Lipinski definition) is 1. The van der Waals surface area contributed by atoms with Crippen LogP contribution in [0.25, 0.3) is 0 Å². The molecule has 2 atom stereocenters. The minimum atomic E-state index is -0.560. The highest BCUT2D eigenvalue weighted by molar-refractivity contribution is 5.27. The van der Waals surface area contributed by atoms with E-state index in [1.54, 1.807) is 6.20 Å². The zero-order valence-electron chi connectivity index (χ0n) is 8.12. The fourth-order valence-electron chi connectivity index (χ4n) is 1.88.